The molecule has 3 heterocycles. The van der Waals surface area contributed by atoms with Crippen molar-refractivity contribution in [1.29, 1.82) is 0 Å². The van der Waals surface area contributed by atoms with Gasteiger partial charge in [0.05, 0.1) is 19.0 Å². The Bertz CT molecular complexity index is 1390. The molecule has 2 aliphatic rings. The van der Waals surface area contributed by atoms with E-state index in [2.05, 4.69) is 20.3 Å². The fraction of sp³-hybridized carbons (Fsp3) is 0.364. The number of anilines is 2. The maximum absolute atomic E-state index is 13.2. The molecule has 2 aromatic heterocycles. The Labute approximate surface area is 192 Å². The lowest BCUT2D eigenvalue weighted by molar-refractivity contribution is 0.397. The van der Waals surface area contributed by atoms with Crippen LogP contribution in [0.4, 0.5) is 11.4 Å². The summed E-state index contributed by atoms with van der Waals surface area (Å²) in [5, 5.41) is 2.70. The molecule has 3 aromatic rings. The molecule has 33 heavy (non-hydrogen) atoms. The molecular formula is C22H25N7O3S. The van der Waals surface area contributed by atoms with Gasteiger partial charge in [-0.15, -0.1) is 0 Å². The van der Waals surface area contributed by atoms with E-state index in [-0.39, 0.29) is 5.96 Å². The maximum Gasteiger partial charge on any atom is 0.242 e. The molecule has 11 heteroatoms. The Balaban J connectivity index is 1.60. The van der Waals surface area contributed by atoms with Crippen LogP contribution in [0.1, 0.15) is 30.9 Å². The van der Waals surface area contributed by atoms with Crippen molar-refractivity contribution in [3.63, 3.8) is 0 Å². The topological polar surface area (TPSA) is 136 Å². The van der Waals surface area contributed by atoms with Gasteiger partial charge < -0.3 is 15.8 Å². The molecular weight excluding hydrogens is 442 g/mol. The van der Waals surface area contributed by atoms with Gasteiger partial charge in [-0.05, 0) is 55.5 Å². The minimum absolute atomic E-state index is 0.00399. The first-order valence-electron chi connectivity index (χ1n) is 10.6. The highest BCUT2D eigenvalue weighted by molar-refractivity contribution is 7.90. The number of aromatic nitrogens is 3. The number of ether oxygens (including phenoxy) is 1. The number of nitrogens with zero attached hydrogens (tertiary/aromatic N) is 5. The minimum atomic E-state index is -3.62. The van der Waals surface area contributed by atoms with E-state index in [1.165, 1.54) is 14.2 Å². The SMILES string of the molecule is COc1cnc2c(Nc3ccc4c(c3)[C@@]3(C)N=C(N)N(C)S(=O)(=O)[C@H]3CCC4)ccnc2n1. The maximum atomic E-state index is 13.2. The third-order valence-corrected chi connectivity index (χ3v) is 8.88. The molecule has 2 atom stereocenters. The number of guanidine groups is 1. The fourth-order valence-corrected chi connectivity index (χ4v) is 6.64. The van der Waals surface area contributed by atoms with E-state index in [1.54, 1.807) is 12.4 Å². The highest BCUT2D eigenvalue weighted by atomic mass is 32.2. The fourth-order valence-electron chi connectivity index (χ4n) is 4.74. The van der Waals surface area contributed by atoms with Crippen LogP contribution in [0.2, 0.25) is 0 Å². The Morgan fingerprint density at radius 2 is 2.09 bits per heavy atom. The van der Waals surface area contributed by atoms with Crippen molar-refractivity contribution >= 4 is 38.5 Å². The van der Waals surface area contributed by atoms with Crippen LogP contribution in [-0.2, 0) is 22.0 Å². The first-order valence-corrected chi connectivity index (χ1v) is 12.1. The van der Waals surface area contributed by atoms with E-state index >= 15 is 0 Å². The number of hydrogen-bond donors (Lipinski definition) is 2. The summed E-state index contributed by atoms with van der Waals surface area (Å²) in [5.41, 5.74) is 9.57. The lowest BCUT2D eigenvalue weighted by Crippen LogP contribution is -2.56. The minimum Gasteiger partial charge on any atom is -0.480 e. The predicted molar refractivity (Wildman–Crippen MR) is 126 cm³/mol. The highest BCUT2D eigenvalue weighted by Crippen LogP contribution is 2.45. The molecule has 0 spiro atoms. The van der Waals surface area contributed by atoms with E-state index in [0.717, 1.165) is 39.6 Å². The Hall–Kier alpha value is -3.47. The van der Waals surface area contributed by atoms with E-state index in [0.29, 0.717) is 23.5 Å². The Morgan fingerprint density at radius 1 is 1.27 bits per heavy atom. The standard InChI is InChI=1S/C22H25N7O3S/c1-22-15-11-14(26-16-9-10-24-20-19(16)25-12-18(27-20)32-3)8-7-13(15)5-4-6-17(22)33(30,31)29(2)21(23)28-22/h7-12,17H,4-6H2,1-3H3,(H2,23,28)(H,24,26,27)/t17-,22+/m0/s1. The summed E-state index contributed by atoms with van der Waals surface area (Å²) >= 11 is 0. The van der Waals surface area contributed by atoms with Crippen LogP contribution in [0, 0.1) is 0 Å². The van der Waals surface area contributed by atoms with Crippen molar-refractivity contribution in [2.75, 3.05) is 19.5 Å². The molecule has 0 radical (unpaired) electrons. The van der Waals surface area contributed by atoms with Gasteiger partial charge >= 0.3 is 0 Å². The zero-order valence-corrected chi connectivity index (χ0v) is 19.4. The van der Waals surface area contributed by atoms with Crippen molar-refractivity contribution in [3.8, 4) is 5.88 Å². The summed E-state index contributed by atoms with van der Waals surface area (Å²) in [5.74, 6) is 0.388. The van der Waals surface area contributed by atoms with Gasteiger partial charge in [0.1, 0.15) is 16.3 Å². The zero-order chi connectivity index (χ0) is 23.4. The number of aryl methyl sites for hydroxylation is 1. The van der Waals surface area contributed by atoms with Crippen molar-refractivity contribution in [2.24, 2.45) is 10.7 Å². The smallest absolute Gasteiger partial charge is 0.242 e. The van der Waals surface area contributed by atoms with E-state index in [1.807, 2.05) is 31.2 Å². The number of fused-ring (bicyclic) bond motifs is 4. The highest BCUT2D eigenvalue weighted by Gasteiger charge is 2.51. The second-order valence-electron chi connectivity index (χ2n) is 8.45. The van der Waals surface area contributed by atoms with E-state index in [4.69, 9.17) is 15.5 Å². The lowest BCUT2D eigenvalue weighted by atomic mass is 9.86. The molecule has 0 amide bonds. The molecule has 0 saturated heterocycles. The van der Waals surface area contributed by atoms with E-state index < -0.39 is 20.8 Å². The monoisotopic (exact) mass is 467 g/mol. The number of sulfonamides is 1. The molecule has 0 unspecified atom stereocenters. The molecule has 5 rings (SSSR count). The molecule has 0 bridgehead atoms. The van der Waals surface area contributed by atoms with Crippen LogP contribution in [0.25, 0.3) is 11.2 Å². The number of nitrogens with two attached hydrogens (primary N) is 1. The number of nitrogens with one attached hydrogen (secondary N) is 1. The third kappa shape index (κ3) is 3.34. The summed E-state index contributed by atoms with van der Waals surface area (Å²) < 4.78 is 32.7. The van der Waals surface area contributed by atoms with Gasteiger partial charge in [0, 0.05) is 18.9 Å². The summed E-state index contributed by atoms with van der Waals surface area (Å²) in [4.78, 5) is 17.7. The van der Waals surface area contributed by atoms with Gasteiger partial charge in [-0.3, -0.25) is 0 Å². The third-order valence-electron chi connectivity index (χ3n) is 6.52. The number of pyridine rings is 1. The molecule has 1 aromatic carbocycles. The van der Waals surface area contributed by atoms with Crippen LogP contribution >= 0.6 is 0 Å². The van der Waals surface area contributed by atoms with Gasteiger partial charge in [0.15, 0.2) is 5.65 Å². The first-order chi connectivity index (χ1) is 15.7. The lowest BCUT2D eigenvalue weighted by Gasteiger charge is -2.41. The van der Waals surface area contributed by atoms with Gasteiger partial charge in [0.2, 0.25) is 21.9 Å². The Morgan fingerprint density at radius 3 is 2.88 bits per heavy atom. The second kappa shape index (κ2) is 7.55. The number of benzene rings is 1. The van der Waals surface area contributed by atoms with Crippen LogP contribution in [-0.4, -0.2) is 53.0 Å². The van der Waals surface area contributed by atoms with E-state index in [9.17, 15) is 8.42 Å². The molecule has 1 aliphatic heterocycles. The second-order valence-corrected chi connectivity index (χ2v) is 10.6. The zero-order valence-electron chi connectivity index (χ0n) is 18.6. The first kappa shape index (κ1) is 21.4. The molecule has 0 saturated carbocycles. The summed E-state index contributed by atoms with van der Waals surface area (Å²) in [6.45, 7) is 1.86. The summed E-state index contributed by atoms with van der Waals surface area (Å²) in [6.07, 6.45) is 5.24. The van der Waals surface area contributed by atoms with Crippen LogP contribution in [0.5, 0.6) is 5.88 Å². The average molecular weight is 468 g/mol. The molecule has 3 N–H and O–H groups in total. The van der Waals surface area contributed by atoms with Crippen molar-refractivity contribution < 1.29 is 13.2 Å². The number of hydrogen-bond acceptors (Lipinski definition) is 9. The molecule has 1 aliphatic carbocycles. The van der Waals surface area contributed by atoms with Crippen molar-refractivity contribution in [1.82, 2.24) is 19.3 Å². The van der Waals surface area contributed by atoms with Crippen LogP contribution in [0.15, 0.2) is 41.7 Å². The molecule has 172 valence electrons. The largest absolute Gasteiger partial charge is 0.480 e. The number of methoxy groups -OCH3 is 1. The normalized spacial score (nSPS) is 23.8. The van der Waals surface area contributed by atoms with Crippen molar-refractivity contribution in [3.05, 3.63) is 47.8 Å². The van der Waals surface area contributed by atoms with Gasteiger partial charge in [-0.1, -0.05) is 6.07 Å². The van der Waals surface area contributed by atoms with Crippen LogP contribution < -0.4 is 15.8 Å². The van der Waals surface area contributed by atoms with Gasteiger partial charge in [-0.2, -0.15) is 4.98 Å². The van der Waals surface area contributed by atoms with Gasteiger partial charge in [-0.25, -0.2) is 27.7 Å². The summed E-state index contributed by atoms with van der Waals surface area (Å²) in [6, 6.07) is 7.78. The molecule has 10 nitrogen and oxygen atoms in total. The Kier molecular flexibility index (Phi) is 4.89. The quantitative estimate of drug-likeness (QED) is 0.599. The van der Waals surface area contributed by atoms with Gasteiger partial charge in [0.25, 0.3) is 0 Å². The number of rotatable bonds is 3. The van der Waals surface area contributed by atoms with Crippen molar-refractivity contribution in [2.45, 2.75) is 37.0 Å². The average Bonchev–Trinajstić information content (AvgIpc) is 2.94. The summed E-state index contributed by atoms with van der Waals surface area (Å²) in [7, 11) is -0.636. The predicted octanol–water partition coefficient (Wildman–Crippen LogP) is 2.29. The van der Waals surface area contributed by atoms with Crippen LogP contribution in [0.3, 0.4) is 0 Å². The molecule has 0 fully saturated rings. The number of aliphatic imine (C=N–C) groups is 1.